The molecular formula is C13H19ClFN. The van der Waals surface area contributed by atoms with Gasteiger partial charge in [-0.15, -0.1) is 12.4 Å². The van der Waals surface area contributed by atoms with E-state index in [1.54, 1.807) is 0 Å². The van der Waals surface area contributed by atoms with Crippen molar-refractivity contribution in [1.29, 1.82) is 0 Å². The van der Waals surface area contributed by atoms with Gasteiger partial charge in [0.2, 0.25) is 0 Å². The molecule has 2 rings (SSSR count). The summed E-state index contributed by atoms with van der Waals surface area (Å²) < 4.78 is 13.3. The van der Waals surface area contributed by atoms with Crippen LogP contribution in [0.2, 0.25) is 0 Å². The number of hydrogen-bond acceptors (Lipinski definition) is 1. The first kappa shape index (κ1) is 13.5. The van der Waals surface area contributed by atoms with Gasteiger partial charge in [-0.25, -0.2) is 4.39 Å². The van der Waals surface area contributed by atoms with Crippen molar-refractivity contribution in [2.45, 2.75) is 37.9 Å². The van der Waals surface area contributed by atoms with Crippen LogP contribution in [-0.2, 0) is 6.42 Å². The van der Waals surface area contributed by atoms with E-state index in [1.165, 1.54) is 5.56 Å². The molecule has 1 aliphatic rings. The molecule has 1 saturated heterocycles. The molecule has 1 fully saturated rings. The van der Waals surface area contributed by atoms with Crippen LogP contribution in [0.5, 0.6) is 0 Å². The number of rotatable bonds is 2. The monoisotopic (exact) mass is 243 g/mol. The van der Waals surface area contributed by atoms with E-state index in [4.69, 9.17) is 0 Å². The van der Waals surface area contributed by atoms with E-state index in [2.05, 4.69) is 24.4 Å². The first-order valence-corrected chi connectivity index (χ1v) is 5.61. The van der Waals surface area contributed by atoms with Gasteiger partial charge in [0.05, 0.1) is 0 Å². The molecule has 0 bridgehead atoms. The molecule has 0 spiro atoms. The molecule has 0 amide bonds. The van der Waals surface area contributed by atoms with Crippen LogP contribution in [-0.4, -0.2) is 18.3 Å². The summed E-state index contributed by atoms with van der Waals surface area (Å²) in [5, 5.41) is 3.43. The van der Waals surface area contributed by atoms with E-state index in [0.717, 1.165) is 13.0 Å². The summed E-state index contributed by atoms with van der Waals surface area (Å²) in [5.41, 5.74) is 1.21. The second-order valence-corrected chi connectivity index (χ2v) is 4.74. The molecule has 1 aromatic rings. The van der Waals surface area contributed by atoms with Crippen molar-refractivity contribution in [1.82, 2.24) is 5.32 Å². The standard InChI is InChI=1S/C13H18FN.ClH/c1-13(10-12(14)7-8-15-13)9-11-5-3-2-4-6-11;/h2-6,12,15H,7-10H2,1H3;1H. The van der Waals surface area contributed by atoms with Crippen LogP contribution < -0.4 is 5.32 Å². The third kappa shape index (κ3) is 3.46. The predicted molar refractivity (Wildman–Crippen MR) is 67.9 cm³/mol. The van der Waals surface area contributed by atoms with Gasteiger partial charge in [0.25, 0.3) is 0 Å². The molecule has 16 heavy (non-hydrogen) atoms. The van der Waals surface area contributed by atoms with Crippen LogP contribution in [0.15, 0.2) is 30.3 Å². The van der Waals surface area contributed by atoms with Crippen LogP contribution in [0.1, 0.15) is 25.3 Å². The van der Waals surface area contributed by atoms with Crippen LogP contribution in [0, 0.1) is 0 Å². The Hall–Kier alpha value is -0.600. The maximum absolute atomic E-state index is 13.3. The fourth-order valence-corrected chi connectivity index (χ4v) is 2.37. The van der Waals surface area contributed by atoms with Crippen LogP contribution in [0.4, 0.5) is 4.39 Å². The molecule has 2 unspecified atom stereocenters. The predicted octanol–water partition coefficient (Wildman–Crippen LogP) is 3.13. The summed E-state index contributed by atoms with van der Waals surface area (Å²) in [7, 11) is 0. The van der Waals surface area contributed by atoms with Gasteiger partial charge in [0, 0.05) is 5.54 Å². The normalized spacial score (nSPS) is 29.5. The largest absolute Gasteiger partial charge is 0.311 e. The van der Waals surface area contributed by atoms with E-state index in [0.29, 0.717) is 12.8 Å². The Morgan fingerprint density at radius 1 is 1.38 bits per heavy atom. The summed E-state index contributed by atoms with van der Waals surface area (Å²) in [6, 6.07) is 10.3. The number of nitrogens with one attached hydrogen (secondary N) is 1. The molecule has 1 N–H and O–H groups in total. The highest BCUT2D eigenvalue weighted by molar-refractivity contribution is 5.85. The Kier molecular flexibility index (Phi) is 4.75. The number of benzene rings is 1. The van der Waals surface area contributed by atoms with Gasteiger partial charge in [0.1, 0.15) is 6.17 Å². The van der Waals surface area contributed by atoms with Crippen LogP contribution in [0.25, 0.3) is 0 Å². The third-order valence-electron chi connectivity index (χ3n) is 3.12. The van der Waals surface area contributed by atoms with E-state index in [-0.39, 0.29) is 17.9 Å². The Balaban J connectivity index is 0.00000128. The van der Waals surface area contributed by atoms with Gasteiger partial charge < -0.3 is 5.32 Å². The fraction of sp³-hybridized carbons (Fsp3) is 0.538. The van der Waals surface area contributed by atoms with Gasteiger partial charge >= 0.3 is 0 Å². The molecule has 0 aromatic heterocycles. The average molecular weight is 244 g/mol. The summed E-state index contributed by atoms with van der Waals surface area (Å²) in [5.74, 6) is 0. The molecule has 3 heteroatoms. The molecule has 1 aliphatic heterocycles. The minimum atomic E-state index is -0.639. The van der Waals surface area contributed by atoms with Gasteiger partial charge in [0.15, 0.2) is 0 Å². The second kappa shape index (κ2) is 5.65. The van der Waals surface area contributed by atoms with Crippen LogP contribution in [0.3, 0.4) is 0 Å². The zero-order chi connectivity index (χ0) is 10.7. The Bertz CT molecular complexity index is 317. The van der Waals surface area contributed by atoms with E-state index in [9.17, 15) is 4.39 Å². The summed E-state index contributed by atoms with van der Waals surface area (Å²) in [4.78, 5) is 0. The highest BCUT2D eigenvalue weighted by atomic mass is 35.5. The second-order valence-electron chi connectivity index (χ2n) is 4.74. The van der Waals surface area contributed by atoms with E-state index < -0.39 is 6.17 Å². The fourth-order valence-electron chi connectivity index (χ4n) is 2.37. The van der Waals surface area contributed by atoms with Crippen molar-refractivity contribution in [3.05, 3.63) is 35.9 Å². The first-order chi connectivity index (χ1) is 7.18. The van der Waals surface area contributed by atoms with Gasteiger partial charge in [-0.3, -0.25) is 0 Å². The van der Waals surface area contributed by atoms with Gasteiger partial charge in [-0.1, -0.05) is 30.3 Å². The third-order valence-corrected chi connectivity index (χ3v) is 3.12. The Labute approximate surface area is 103 Å². The van der Waals surface area contributed by atoms with Crippen molar-refractivity contribution >= 4 is 12.4 Å². The summed E-state index contributed by atoms with van der Waals surface area (Å²) >= 11 is 0. The number of piperidine rings is 1. The molecule has 1 heterocycles. The van der Waals surface area contributed by atoms with Crippen LogP contribution >= 0.6 is 12.4 Å². The molecule has 1 nitrogen and oxygen atoms in total. The highest BCUT2D eigenvalue weighted by Gasteiger charge is 2.31. The smallest absolute Gasteiger partial charge is 0.103 e. The Morgan fingerprint density at radius 3 is 2.69 bits per heavy atom. The SMILES string of the molecule is CC1(Cc2ccccc2)CC(F)CCN1.Cl. The number of alkyl halides is 1. The van der Waals surface area contributed by atoms with Crippen molar-refractivity contribution in [2.24, 2.45) is 0 Å². The first-order valence-electron chi connectivity index (χ1n) is 5.61. The molecular weight excluding hydrogens is 225 g/mol. The lowest BCUT2D eigenvalue weighted by Gasteiger charge is -2.36. The molecule has 90 valence electrons. The van der Waals surface area contributed by atoms with Crippen molar-refractivity contribution in [2.75, 3.05) is 6.54 Å². The summed E-state index contributed by atoms with van der Waals surface area (Å²) in [6.07, 6.45) is 1.56. The minimum absolute atomic E-state index is 0. The Morgan fingerprint density at radius 2 is 2.06 bits per heavy atom. The van der Waals surface area contributed by atoms with E-state index in [1.807, 2.05) is 18.2 Å². The maximum atomic E-state index is 13.3. The van der Waals surface area contributed by atoms with Crippen molar-refractivity contribution in [3.63, 3.8) is 0 Å². The molecule has 1 aromatic carbocycles. The lowest BCUT2D eigenvalue weighted by molar-refractivity contribution is 0.164. The molecule has 0 radical (unpaired) electrons. The maximum Gasteiger partial charge on any atom is 0.103 e. The number of halogens is 2. The number of hydrogen-bond donors (Lipinski definition) is 1. The summed E-state index contributed by atoms with van der Waals surface area (Å²) in [6.45, 7) is 2.91. The van der Waals surface area contributed by atoms with Crippen molar-refractivity contribution in [3.8, 4) is 0 Å². The highest BCUT2D eigenvalue weighted by Crippen LogP contribution is 2.25. The average Bonchev–Trinajstić information content (AvgIpc) is 2.18. The quantitative estimate of drug-likeness (QED) is 0.842. The van der Waals surface area contributed by atoms with Gasteiger partial charge in [-0.05, 0) is 38.3 Å². The minimum Gasteiger partial charge on any atom is -0.311 e. The topological polar surface area (TPSA) is 12.0 Å². The lowest BCUT2D eigenvalue weighted by atomic mass is 9.84. The molecule has 0 aliphatic carbocycles. The zero-order valence-electron chi connectivity index (χ0n) is 9.58. The molecule has 2 atom stereocenters. The molecule has 0 saturated carbocycles. The lowest BCUT2D eigenvalue weighted by Crippen LogP contribution is -2.50. The van der Waals surface area contributed by atoms with E-state index >= 15 is 0 Å². The van der Waals surface area contributed by atoms with Gasteiger partial charge in [-0.2, -0.15) is 0 Å². The zero-order valence-corrected chi connectivity index (χ0v) is 10.4. The van der Waals surface area contributed by atoms with Crippen molar-refractivity contribution < 1.29 is 4.39 Å².